The average molecular weight is 593 g/mol. The Bertz CT molecular complexity index is 1340. The second-order valence-electron chi connectivity index (χ2n) is 9.76. The summed E-state index contributed by atoms with van der Waals surface area (Å²) in [5, 5.41) is 17.8. The van der Waals surface area contributed by atoms with Gasteiger partial charge in [-0.05, 0) is 61.6 Å². The smallest absolute Gasteiger partial charge is 0.302 e. The molecule has 1 fully saturated rings. The number of halogens is 1. The van der Waals surface area contributed by atoms with E-state index in [1.165, 1.54) is 44.4 Å². The maximum absolute atomic E-state index is 13.7. The lowest BCUT2D eigenvalue weighted by atomic mass is 9.86. The van der Waals surface area contributed by atoms with Crippen molar-refractivity contribution in [3.05, 3.63) is 63.0 Å². The molecule has 2 heterocycles. The number of allylic oxidation sites excluding steroid dienone is 2. The maximum atomic E-state index is 13.7. The number of hydrogen-bond donors (Lipinski definition) is 4. The molecule has 3 rings (SSSR count). The van der Waals surface area contributed by atoms with Crippen LogP contribution in [0.25, 0.3) is 10.2 Å². The number of thiophene rings is 1. The van der Waals surface area contributed by atoms with Crippen LogP contribution in [0.5, 0.6) is 0 Å². The number of aromatic nitrogens is 2. The van der Waals surface area contributed by atoms with Gasteiger partial charge in [-0.15, -0.1) is 11.3 Å². The van der Waals surface area contributed by atoms with Crippen molar-refractivity contribution in [3.63, 3.8) is 0 Å². The lowest BCUT2D eigenvalue weighted by Gasteiger charge is -2.30. The fraction of sp³-hybridized carbons (Fsp3) is 0.500. The first-order valence-electron chi connectivity index (χ1n) is 13.3. The van der Waals surface area contributed by atoms with Crippen molar-refractivity contribution in [1.82, 2.24) is 20.6 Å². The molecule has 13 heteroatoms. The molecular weight excluding hydrogens is 555 g/mol. The third kappa shape index (κ3) is 9.59. The summed E-state index contributed by atoms with van der Waals surface area (Å²) < 4.78 is 29.5. The Balaban J connectivity index is 1.49. The SMILES string of the molecule is C=C(/C=C(OC)\C(F)=C/C)CNC(=O)c1nc2scc(COCC3CCC(NC(O)COC(C)=O)CC3)c2c(=O)[nH]1. The van der Waals surface area contributed by atoms with Crippen molar-refractivity contribution in [2.24, 2.45) is 5.92 Å². The highest BCUT2D eigenvalue weighted by Crippen LogP contribution is 2.26. The van der Waals surface area contributed by atoms with E-state index in [1.54, 1.807) is 5.38 Å². The molecule has 41 heavy (non-hydrogen) atoms. The summed E-state index contributed by atoms with van der Waals surface area (Å²) in [5.41, 5.74) is 0.661. The minimum absolute atomic E-state index is 0.000798. The van der Waals surface area contributed by atoms with Crippen LogP contribution < -0.4 is 16.2 Å². The summed E-state index contributed by atoms with van der Waals surface area (Å²) in [6.45, 7) is 7.32. The minimum atomic E-state index is -0.887. The van der Waals surface area contributed by atoms with Crippen LogP contribution in [-0.4, -0.2) is 66.1 Å². The van der Waals surface area contributed by atoms with Crippen LogP contribution in [-0.2, 0) is 25.6 Å². The van der Waals surface area contributed by atoms with Crippen LogP contribution in [0.15, 0.2) is 46.1 Å². The molecule has 1 aliphatic rings. The number of nitrogens with zero attached hydrogens (tertiary/aromatic N) is 1. The van der Waals surface area contributed by atoms with Crippen molar-refractivity contribution in [3.8, 4) is 0 Å². The van der Waals surface area contributed by atoms with Gasteiger partial charge in [-0.2, -0.15) is 0 Å². The van der Waals surface area contributed by atoms with Crippen molar-refractivity contribution < 1.29 is 33.3 Å². The molecular formula is C28H37FN4O7S. The van der Waals surface area contributed by atoms with E-state index in [4.69, 9.17) is 14.2 Å². The lowest BCUT2D eigenvalue weighted by molar-refractivity contribution is -0.144. The lowest BCUT2D eigenvalue weighted by Crippen LogP contribution is -2.43. The number of aliphatic hydroxyl groups excluding tert-OH is 1. The fourth-order valence-corrected chi connectivity index (χ4v) is 5.38. The Kier molecular flexibility index (Phi) is 12.2. The van der Waals surface area contributed by atoms with Crippen LogP contribution in [0.2, 0.25) is 0 Å². The van der Waals surface area contributed by atoms with E-state index in [0.717, 1.165) is 25.7 Å². The molecule has 0 saturated heterocycles. The number of esters is 1. The van der Waals surface area contributed by atoms with Crippen LogP contribution in [0.3, 0.4) is 0 Å². The fourth-order valence-electron chi connectivity index (χ4n) is 4.45. The number of carbonyl (C=O) groups excluding carboxylic acids is 2. The van der Waals surface area contributed by atoms with E-state index in [0.29, 0.717) is 33.9 Å². The summed E-state index contributed by atoms with van der Waals surface area (Å²) in [4.78, 5) is 43.6. The topological polar surface area (TPSA) is 152 Å². The van der Waals surface area contributed by atoms with Crippen molar-refractivity contribution in [2.75, 3.05) is 26.9 Å². The molecule has 1 amide bonds. The van der Waals surface area contributed by atoms with E-state index < -0.39 is 29.5 Å². The summed E-state index contributed by atoms with van der Waals surface area (Å²) in [6, 6.07) is 0.146. The van der Waals surface area contributed by atoms with Crippen molar-refractivity contribution >= 4 is 33.4 Å². The molecule has 0 spiro atoms. The first kappa shape index (κ1) is 32.1. The number of aromatic amines is 1. The molecule has 11 nitrogen and oxygen atoms in total. The molecule has 1 atom stereocenters. The third-order valence-corrected chi connectivity index (χ3v) is 7.51. The summed E-state index contributed by atoms with van der Waals surface area (Å²) in [7, 11) is 1.33. The Hall–Kier alpha value is -3.39. The summed E-state index contributed by atoms with van der Waals surface area (Å²) >= 11 is 1.25. The van der Waals surface area contributed by atoms with E-state index >= 15 is 0 Å². The zero-order valence-corrected chi connectivity index (χ0v) is 24.3. The number of carbonyl (C=O) groups is 2. The molecule has 0 radical (unpaired) electrons. The number of nitrogens with one attached hydrogen (secondary N) is 3. The maximum Gasteiger partial charge on any atom is 0.302 e. The second-order valence-corrected chi connectivity index (χ2v) is 10.6. The number of rotatable bonds is 14. The first-order chi connectivity index (χ1) is 19.6. The number of aliphatic hydroxyl groups is 1. The van der Waals surface area contributed by atoms with Gasteiger partial charge >= 0.3 is 5.97 Å². The van der Waals surface area contributed by atoms with Gasteiger partial charge < -0.3 is 29.6 Å². The van der Waals surface area contributed by atoms with Gasteiger partial charge in [0.2, 0.25) is 5.82 Å². The van der Waals surface area contributed by atoms with Crippen LogP contribution in [0.4, 0.5) is 4.39 Å². The van der Waals surface area contributed by atoms with E-state index in [1.807, 2.05) is 0 Å². The summed E-state index contributed by atoms with van der Waals surface area (Å²) in [6.07, 6.45) is 5.31. The van der Waals surface area contributed by atoms with Crippen LogP contribution >= 0.6 is 11.3 Å². The second kappa shape index (κ2) is 15.6. The number of ether oxygens (including phenoxy) is 3. The molecule has 1 saturated carbocycles. The van der Waals surface area contributed by atoms with Gasteiger partial charge in [-0.3, -0.25) is 19.7 Å². The monoisotopic (exact) mass is 592 g/mol. The Morgan fingerprint density at radius 3 is 2.73 bits per heavy atom. The van der Waals surface area contributed by atoms with E-state index in [2.05, 4.69) is 27.2 Å². The number of H-pyrrole nitrogens is 1. The average Bonchev–Trinajstić information content (AvgIpc) is 3.37. The number of amides is 1. The largest absolute Gasteiger partial charge is 0.494 e. The highest BCUT2D eigenvalue weighted by molar-refractivity contribution is 7.16. The Morgan fingerprint density at radius 1 is 1.34 bits per heavy atom. The highest BCUT2D eigenvalue weighted by Gasteiger charge is 2.23. The molecule has 1 aliphatic carbocycles. The van der Waals surface area contributed by atoms with E-state index in [-0.39, 0.29) is 37.4 Å². The number of methoxy groups -OCH3 is 1. The normalized spacial score (nSPS) is 18.7. The Morgan fingerprint density at radius 2 is 2.07 bits per heavy atom. The van der Waals surface area contributed by atoms with Gasteiger partial charge in [0.25, 0.3) is 11.5 Å². The zero-order valence-electron chi connectivity index (χ0n) is 23.5. The number of hydrogen-bond acceptors (Lipinski definition) is 10. The molecule has 0 bridgehead atoms. The molecule has 0 aliphatic heterocycles. The van der Waals surface area contributed by atoms with Gasteiger partial charge in [0.05, 0.1) is 19.1 Å². The standard InChI is InChI=1S/C28H37FN4O7S/c1-5-21(29)22(38-4)10-16(2)11-30-27(37)25-32-26(36)24-19(15-41-28(24)33-25)13-39-12-18-6-8-20(9-7-18)31-23(35)14-40-17(3)34/h5,10,15,18,20,23,31,35H,2,6-9,11-14H2,1,3-4H3,(H,30,37)(H,32,33,36)/b21-5+,22-10+. The Labute approximate surface area is 241 Å². The van der Waals surface area contributed by atoms with Gasteiger partial charge in [-0.1, -0.05) is 6.58 Å². The molecule has 0 aromatic carbocycles. The third-order valence-electron chi connectivity index (χ3n) is 6.59. The van der Waals surface area contributed by atoms with Gasteiger partial charge in [0.15, 0.2) is 11.6 Å². The number of fused-ring (bicyclic) bond motifs is 1. The van der Waals surface area contributed by atoms with Gasteiger partial charge in [-0.25, -0.2) is 9.37 Å². The molecule has 4 N–H and O–H groups in total. The van der Waals surface area contributed by atoms with Crippen LogP contribution in [0.1, 0.15) is 55.7 Å². The van der Waals surface area contributed by atoms with Gasteiger partial charge in [0.1, 0.15) is 17.7 Å². The molecule has 1 unspecified atom stereocenters. The predicted molar refractivity (Wildman–Crippen MR) is 153 cm³/mol. The van der Waals surface area contributed by atoms with E-state index in [9.17, 15) is 23.9 Å². The van der Waals surface area contributed by atoms with Crippen molar-refractivity contribution in [1.29, 1.82) is 0 Å². The quantitative estimate of drug-likeness (QED) is 0.112. The first-order valence-corrected chi connectivity index (χ1v) is 14.2. The van der Waals surface area contributed by atoms with Crippen LogP contribution in [0, 0.1) is 5.92 Å². The highest BCUT2D eigenvalue weighted by atomic mass is 32.1. The molecule has 2 aromatic heterocycles. The predicted octanol–water partition coefficient (Wildman–Crippen LogP) is 3.22. The minimum Gasteiger partial charge on any atom is -0.494 e. The molecule has 2 aromatic rings. The zero-order chi connectivity index (χ0) is 29.9. The van der Waals surface area contributed by atoms with Crippen molar-refractivity contribution in [2.45, 2.75) is 58.4 Å². The van der Waals surface area contributed by atoms with Gasteiger partial charge in [0, 0.05) is 31.7 Å². The summed E-state index contributed by atoms with van der Waals surface area (Å²) in [5.74, 6) is -1.37. The molecule has 224 valence electrons.